The summed E-state index contributed by atoms with van der Waals surface area (Å²) in [5.41, 5.74) is 4.95. The van der Waals surface area contributed by atoms with Gasteiger partial charge in [-0.25, -0.2) is 4.98 Å². The first-order valence-electron chi connectivity index (χ1n) is 6.80. The summed E-state index contributed by atoms with van der Waals surface area (Å²) in [7, 11) is 0. The average Bonchev–Trinajstić information content (AvgIpc) is 2.78. The van der Waals surface area contributed by atoms with Gasteiger partial charge < -0.3 is 10.6 Å². The van der Waals surface area contributed by atoms with Gasteiger partial charge in [-0.1, -0.05) is 0 Å². The molecule has 2 rings (SSSR count). The van der Waals surface area contributed by atoms with Crippen LogP contribution in [0.3, 0.4) is 0 Å². The van der Waals surface area contributed by atoms with Crippen LogP contribution in [-0.2, 0) is 6.18 Å². The molecule has 1 aliphatic heterocycles. The van der Waals surface area contributed by atoms with Gasteiger partial charge in [0.15, 0.2) is 0 Å². The fraction of sp³-hybridized carbons (Fsp3) is 0.571. The van der Waals surface area contributed by atoms with Crippen LogP contribution in [0.4, 0.5) is 13.2 Å². The second kappa shape index (κ2) is 6.83. The molecule has 0 aromatic carbocycles. The number of halogens is 4. The normalized spacial score (nSPS) is 21.6. The smallest absolute Gasteiger partial charge is 0.336 e. The van der Waals surface area contributed by atoms with Crippen molar-refractivity contribution in [3.05, 3.63) is 29.1 Å². The number of aromatic nitrogens is 1. The highest BCUT2D eigenvalue weighted by atomic mass is 35.5. The van der Waals surface area contributed by atoms with E-state index in [2.05, 4.69) is 4.98 Å². The first-order chi connectivity index (χ1) is 9.74. The molecule has 1 fully saturated rings. The van der Waals surface area contributed by atoms with Gasteiger partial charge in [0.05, 0.1) is 11.3 Å². The predicted octanol–water partition coefficient (Wildman–Crippen LogP) is 2.64. The van der Waals surface area contributed by atoms with E-state index >= 15 is 0 Å². The topological polar surface area (TPSA) is 59.2 Å². The average molecular weight is 338 g/mol. The number of hydrogen-bond acceptors (Lipinski definition) is 3. The summed E-state index contributed by atoms with van der Waals surface area (Å²) in [6.45, 7) is 4.37. The zero-order valence-electron chi connectivity index (χ0n) is 12.4. The van der Waals surface area contributed by atoms with Crippen molar-refractivity contribution in [2.24, 2.45) is 11.7 Å². The Morgan fingerprint density at radius 2 is 2.09 bits per heavy atom. The second-order valence-electron chi connectivity index (χ2n) is 5.47. The van der Waals surface area contributed by atoms with Gasteiger partial charge >= 0.3 is 6.18 Å². The van der Waals surface area contributed by atoms with Crippen LogP contribution >= 0.6 is 12.4 Å². The lowest BCUT2D eigenvalue weighted by molar-refractivity contribution is -0.141. The number of alkyl halides is 3. The van der Waals surface area contributed by atoms with Crippen molar-refractivity contribution in [3.63, 3.8) is 0 Å². The number of hydrogen-bond donors (Lipinski definition) is 1. The lowest BCUT2D eigenvalue weighted by Crippen LogP contribution is -2.35. The SMILES string of the molecule is Cc1nc(C(F)(F)F)ccc1C(=O)N1CC(CN)CC1C.Cl. The van der Waals surface area contributed by atoms with E-state index in [1.807, 2.05) is 6.92 Å². The van der Waals surface area contributed by atoms with Crippen LogP contribution in [-0.4, -0.2) is 34.9 Å². The van der Waals surface area contributed by atoms with Crippen LogP contribution in [0.1, 0.15) is 35.1 Å². The van der Waals surface area contributed by atoms with E-state index in [-0.39, 0.29) is 41.5 Å². The molecule has 0 spiro atoms. The second-order valence-corrected chi connectivity index (χ2v) is 5.47. The molecule has 0 radical (unpaired) electrons. The van der Waals surface area contributed by atoms with Crippen LogP contribution in [0.2, 0.25) is 0 Å². The van der Waals surface area contributed by atoms with E-state index < -0.39 is 11.9 Å². The molecule has 1 saturated heterocycles. The number of pyridine rings is 1. The molecule has 1 aromatic rings. The van der Waals surface area contributed by atoms with Crippen LogP contribution in [0.15, 0.2) is 12.1 Å². The van der Waals surface area contributed by atoms with Gasteiger partial charge in [0, 0.05) is 12.6 Å². The molecule has 0 aliphatic carbocycles. The Morgan fingerprint density at radius 1 is 1.45 bits per heavy atom. The Bertz CT molecular complexity index is 551. The molecule has 2 unspecified atom stereocenters. The summed E-state index contributed by atoms with van der Waals surface area (Å²) in [4.78, 5) is 17.6. The summed E-state index contributed by atoms with van der Waals surface area (Å²) in [6, 6.07) is 2.09. The van der Waals surface area contributed by atoms with E-state index in [0.717, 1.165) is 12.5 Å². The fourth-order valence-corrected chi connectivity index (χ4v) is 2.70. The minimum absolute atomic E-state index is 0. The number of likely N-dealkylation sites (tertiary alicyclic amines) is 1. The third-order valence-electron chi connectivity index (χ3n) is 3.86. The number of nitrogens with two attached hydrogens (primary N) is 1. The predicted molar refractivity (Wildman–Crippen MR) is 78.9 cm³/mol. The van der Waals surface area contributed by atoms with E-state index in [4.69, 9.17) is 5.73 Å². The molecule has 8 heteroatoms. The molecule has 2 N–H and O–H groups in total. The molecular formula is C14H19ClF3N3O. The van der Waals surface area contributed by atoms with Gasteiger partial charge in [0.1, 0.15) is 5.69 Å². The molecule has 0 saturated carbocycles. The van der Waals surface area contributed by atoms with Crippen molar-refractivity contribution in [2.45, 2.75) is 32.5 Å². The van der Waals surface area contributed by atoms with Crippen molar-refractivity contribution < 1.29 is 18.0 Å². The Balaban J connectivity index is 0.00000242. The maximum absolute atomic E-state index is 12.6. The Labute approximate surface area is 133 Å². The van der Waals surface area contributed by atoms with Crippen LogP contribution in [0.25, 0.3) is 0 Å². The van der Waals surface area contributed by atoms with Crippen LogP contribution < -0.4 is 5.73 Å². The third-order valence-corrected chi connectivity index (χ3v) is 3.86. The summed E-state index contributed by atoms with van der Waals surface area (Å²) < 4.78 is 37.8. The van der Waals surface area contributed by atoms with Gasteiger partial charge in [-0.05, 0) is 44.9 Å². The first kappa shape index (κ1) is 18.7. The van der Waals surface area contributed by atoms with Crippen molar-refractivity contribution in [1.82, 2.24) is 9.88 Å². The molecule has 1 aromatic heterocycles. The van der Waals surface area contributed by atoms with E-state index in [0.29, 0.717) is 13.1 Å². The van der Waals surface area contributed by atoms with Crippen LogP contribution in [0.5, 0.6) is 0 Å². The number of nitrogens with zero attached hydrogens (tertiary/aromatic N) is 2. The summed E-state index contributed by atoms with van der Waals surface area (Å²) >= 11 is 0. The van der Waals surface area contributed by atoms with Crippen LogP contribution in [0, 0.1) is 12.8 Å². The summed E-state index contributed by atoms with van der Waals surface area (Å²) in [5, 5.41) is 0. The van der Waals surface area contributed by atoms with E-state index in [1.165, 1.54) is 13.0 Å². The van der Waals surface area contributed by atoms with Crippen molar-refractivity contribution >= 4 is 18.3 Å². The summed E-state index contributed by atoms with van der Waals surface area (Å²) in [6.07, 6.45) is -3.69. The van der Waals surface area contributed by atoms with Gasteiger partial charge in [-0.2, -0.15) is 13.2 Å². The molecular weight excluding hydrogens is 319 g/mol. The minimum Gasteiger partial charge on any atom is -0.336 e. The highest BCUT2D eigenvalue weighted by Crippen LogP contribution is 2.29. The van der Waals surface area contributed by atoms with Gasteiger partial charge in [-0.15, -0.1) is 12.4 Å². The zero-order chi connectivity index (χ0) is 15.8. The number of carbonyl (C=O) groups excluding carboxylic acids is 1. The molecule has 1 amide bonds. The Morgan fingerprint density at radius 3 is 2.55 bits per heavy atom. The molecule has 1 aliphatic rings. The molecule has 2 heterocycles. The molecule has 2 atom stereocenters. The summed E-state index contributed by atoms with van der Waals surface area (Å²) in [5.74, 6) is -0.0381. The van der Waals surface area contributed by atoms with Gasteiger partial charge in [-0.3, -0.25) is 4.79 Å². The van der Waals surface area contributed by atoms with E-state index in [9.17, 15) is 18.0 Å². The number of amides is 1. The third kappa shape index (κ3) is 3.70. The maximum atomic E-state index is 12.6. The molecule has 124 valence electrons. The first-order valence-corrected chi connectivity index (χ1v) is 6.80. The zero-order valence-corrected chi connectivity index (χ0v) is 13.2. The lowest BCUT2D eigenvalue weighted by Gasteiger charge is -2.22. The van der Waals surface area contributed by atoms with Crippen molar-refractivity contribution in [3.8, 4) is 0 Å². The lowest BCUT2D eigenvalue weighted by atomic mass is 10.1. The minimum atomic E-state index is -4.50. The molecule has 22 heavy (non-hydrogen) atoms. The van der Waals surface area contributed by atoms with Gasteiger partial charge in [0.25, 0.3) is 5.91 Å². The quantitative estimate of drug-likeness (QED) is 0.902. The van der Waals surface area contributed by atoms with Gasteiger partial charge in [0.2, 0.25) is 0 Å². The number of carbonyl (C=O) groups is 1. The monoisotopic (exact) mass is 337 g/mol. The molecule has 4 nitrogen and oxygen atoms in total. The Hall–Kier alpha value is -1.34. The maximum Gasteiger partial charge on any atom is 0.433 e. The van der Waals surface area contributed by atoms with E-state index in [1.54, 1.807) is 4.90 Å². The standard InChI is InChI=1S/C14H18F3N3O.ClH/c1-8-5-10(6-18)7-20(8)13(21)11-3-4-12(14(15,16)17)19-9(11)2;/h3-4,8,10H,5-7,18H2,1-2H3;1H. The van der Waals surface area contributed by atoms with Crippen molar-refractivity contribution in [2.75, 3.05) is 13.1 Å². The molecule has 0 bridgehead atoms. The van der Waals surface area contributed by atoms with Crippen molar-refractivity contribution in [1.29, 1.82) is 0 Å². The highest BCUT2D eigenvalue weighted by Gasteiger charge is 2.35. The Kier molecular flexibility index (Phi) is 5.81. The fourth-order valence-electron chi connectivity index (χ4n) is 2.70. The largest absolute Gasteiger partial charge is 0.433 e. The highest BCUT2D eigenvalue weighted by molar-refractivity contribution is 5.95. The number of aryl methyl sites for hydroxylation is 1. The number of rotatable bonds is 2.